The Morgan fingerprint density at radius 3 is 2.14 bits per heavy atom. The number of carboxylic acids is 1. The SMILES string of the molecule is CC(=O)N[C@@H](CC(=O)O)C[N+](C)(C)C. The van der Waals surface area contributed by atoms with E-state index in [0.717, 1.165) is 0 Å². The van der Waals surface area contributed by atoms with Crippen molar-refractivity contribution in [2.75, 3.05) is 27.7 Å². The van der Waals surface area contributed by atoms with E-state index in [4.69, 9.17) is 5.11 Å². The summed E-state index contributed by atoms with van der Waals surface area (Å²) >= 11 is 0. The van der Waals surface area contributed by atoms with E-state index >= 15 is 0 Å². The van der Waals surface area contributed by atoms with Crippen molar-refractivity contribution >= 4 is 11.9 Å². The van der Waals surface area contributed by atoms with Crippen molar-refractivity contribution in [3.8, 4) is 0 Å². The van der Waals surface area contributed by atoms with Crippen molar-refractivity contribution in [3.63, 3.8) is 0 Å². The number of quaternary nitrogens is 1. The Morgan fingerprint density at radius 1 is 1.36 bits per heavy atom. The Hall–Kier alpha value is -1.10. The molecule has 0 bridgehead atoms. The van der Waals surface area contributed by atoms with Crippen LogP contribution in [0.15, 0.2) is 0 Å². The largest absolute Gasteiger partial charge is 0.481 e. The van der Waals surface area contributed by atoms with Crippen LogP contribution in [0.2, 0.25) is 0 Å². The minimum Gasteiger partial charge on any atom is -0.481 e. The quantitative estimate of drug-likeness (QED) is 0.601. The Labute approximate surface area is 84.3 Å². The highest BCUT2D eigenvalue weighted by atomic mass is 16.4. The normalized spacial score (nSPS) is 13.4. The molecule has 0 aliphatic heterocycles. The molecule has 0 heterocycles. The molecule has 0 saturated carbocycles. The van der Waals surface area contributed by atoms with E-state index < -0.39 is 5.97 Å². The number of rotatable bonds is 5. The maximum absolute atomic E-state index is 10.8. The number of amides is 1. The summed E-state index contributed by atoms with van der Waals surface area (Å²) in [5, 5.41) is 11.3. The standard InChI is InChI=1S/C9H18N2O3/c1-7(12)10-8(5-9(13)14)6-11(2,3)4/h8H,5-6H2,1-4H3,(H-,10,12,13,14)/p+1/t8-/m0/s1. The molecule has 5 nitrogen and oxygen atoms in total. The fourth-order valence-electron chi connectivity index (χ4n) is 1.32. The molecule has 1 amide bonds. The molecule has 0 aliphatic rings. The van der Waals surface area contributed by atoms with Crippen LogP contribution in [0.3, 0.4) is 0 Å². The van der Waals surface area contributed by atoms with E-state index in [1.165, 1.54) is 6.92 Å². The number of likely N-dealkylation sites (N-methyl/N-ethyl adjacent to an activating group) is 1. The van der Waals surface area contributed by atoms with Gasteiger partial charge in [0, 0.05) is 6.92 Å². The molecule has 0 rings (SSSR count). The molecular formula is C9H19N2O3+. The number of aliphatic carboxylic acids is 1. The zero-order valence-corrected chi connectivity index (χ0v) is 9.20. The molecule has 0 aromatic carbocycles. The average molecular weight is 203 g/mol. The zero-order chi connectivity index (χ0) is 11.4. The zero-order valence-electron chi connectivity index (χ0n) is 9.20. The number of hydrogen-bond donors (Lipinski definition) is 2. The van der Waals surface area contributed by atoms with Gasteiger partial charge in [-0.1, -0.05) is 0 Å². The first-order valence-electron chi connectivity index (χ1n) is 4.50. The molecule has 82 valence electrons. The minimum absolute atomic E-state index is 0.0326. The van der Waals surface area contributed by atoms with Gasteiger partial charge in [-0.25, -0.2) is 0 Å². The van der Waals surface area contributed by atoms with Crippen molar-refractivity contribution in [2.45, 2.75) is 19.4 Å². The molecule has 0 unspecified atom stereocenters. The monoisotopic (exact) mass is 203 g/mol. The van der Waals surface area contributed by atoms with Gasteiger partial charge in [0.2, 0.25) is 5.91 Å². The summed E-state index contributed by atoms with van der Waals surface area (Å²) in [6, 6.07) is -0.301. The average Bonchev–Trinajstić information content (AvgIpc) is 1.77. The fraction of sp³-hybridized carbons (Fsp3) is 0.778. The van der Waals surface area contributed by atoms with Gasteiger partial charge < -0.3 is 14.9 Å². The maximum Gasteiger partial charge on any atom is 0.305 e. The van der Waals surface area contributed by atoms with E-state index in [1.54, 1.807) is 0 Å². The molecule has 1 atom stereocenters. The second kappa shape index (κ2) is 4.95. The van der Waals surface area contributed by atoms with Crippen LogP contribution in [0, 0.1) is 0 Å². The summed E-state index contributed by atoms with van der Waals surface area (Å²) < 4.78 is 0.623. The van der Waals surface area contributed by atoms with Gasteiger partial charge in [0.1, 0.15) is 0 Å². The highest BCUT2D eigenvalue weighted by Gasteiger charge is 2.21. The first-order chi connectivity index (χ1) is 6.20. The van der Waals surface area contributed by atoms with Gasteiger partial charge in [-0.05, 0) is 0 Å². The first kappa shape index (κ1) is 12.9. The van der Waals surface area contributed by atoms with Gasteiger partial charge >= 0.3 is 5.97 Å². The summed E-state index contributed by atoms with van der Waals surface area (Å²) in [5.41, 5.74) is 0. The van der Waals surface area contributed by atoms with Gasteiger partial charge in [0.05, 0.1) is 40.2 Å². The van der Waals surface area contributed by atoms with E-state index in [-0.39, 0.29) is 18.4 Å². The fourth-order valence-corrected chi connectivity index (χ4v) is 1.32. The molecular weight excluding hydrogens is 184 g/mol. The molecule has 14 heavy (non-hydrogen) atoms. The Morgan fingerprint density at radius 2 is 1.86 bits per heavy atom. The molecule has 0 fully saturated rings. The van der Waals surface area contributed by atoms with Crippen LogP contribution < -0.4 is 5.32 Å². The highest BCUT2D eigenvalue weighted by Crippen LogP contribution is 1.99. The first-order valence-corrected chi connectivity index (χ1v) is 4.50. The molecule has 0 aromatic heterocycles. The smallest absolute Gasteiger partial charge is 0.305 e. The summed E-state index contributed by atoms with van der Waals surface area (Å²) in [4.78, 5) is 21.3. The van der Waals surface area contributed by atoms with Crippen LogP contribution in [0.25, 0.3) is 0 Å². The lowest BCUT2D eigenvalue weighted by atomic mass is 10.2. The van der Waals surface area contributed by atoms with Crippen LogP contribution >= 0.6 is 0 Å². The Bertz CT molecular complexity index is 205. The van der Waals surface area contributed by atoms with Gasteiger partial charge in [0.15, 0.2) is 0 Å². The van der Waals surface area contributed by atoms with E-state index in [2.05, 4.69) is 5.32 Å². The minimum atomic E-state index is -0.891. The Balaban J connectivity index is 4.24. The van der Waals surface area contributed by atoms with Crippen molar-refractivity contribution in [3.05, 3.63) is 0 Å². The summed E-state index contributed by atoms with van der Waals surface area (Å²) in [6.07, 6.45) is -0.0326. The van der Waals surface area contributed by atoms with E-state index in [0.29, 0.717) is 11.0 Å². The van der Waals surface area contributed by atoms with Crippen LogP contribution in [0.4, 0.5) is 0 Å². The number of carbonyl (C=O) groups excluding carboxylic acids is 1. The van der Waals surface area contributed by atoms with Crippen molar-refractivity contribution in [2.24, 2.45) is 0 Å². The number of nitrogens with one attached hydrogen (secondary N) is 1. The van der Waals surface area contributed by atoms with Gasteiger partial charge in [-0.3, -0.25) is 9.59 Å². The molecule has 0 saturated heterocycles. The number of nitrogens with zero attached hydrogens (tertiary/aromatic N) is 1. The van der Waals surface area contributed by atoms with Crippen molar-refractivity contribution in [1.29, 1.82) is 0 Å². The number of carbonyl (C=O) groups is 2. The predicted molar refractivity (Wildman–Crippen MR) is 52.8 cm³/mol. The maximum atomic E-state index is 10.8. The van der Waals surface area contributed by atoms with Gasteiger partial charge in [-0.2, -0.15) is 0 Å². The summed E-state index contributed by atoms with van der Waals surface area (Å²) in [5.74, 6) is -1.08. The lowest BCUT2D eigenvalue weighted by Crippen LogP contribution is -2.49. The van der Waals surface area contributed by atoms with Crippen LogP contribution in [0.1, 0.15) is 13.3 Å². The van der Waals surface area contributed by atoms with Gasteiger partial charge in [-0.15, -0.1) is 0 Å². The highest BCUT2D eigenvalue weighted by molar-refractivity contribution is 5.74. The van der Waals surface area contributed by atoms with Crippen LogP contribution in [0.5, 0.6) is 0 Å². The molecule has 0 spiro atoms. The van der Waals surface area contributed by atoms with E-state index in [1.807, 2.05) is 21.1 Å². The number of carboxylic acid groups (broad SMARTS) is 1. The molecule has 0 aliphatic carbocycles. The third-order valence-corrected chi connectivity index (χ3v) is 1.60. The second-order valence-corrected chi connectivity index (χ2v) is 4.47. The summed E-state index contributed by atoms with van der Waals surface area (Å²) in [7, 11) is 5.87. The Kier molecular flexibility index (Phi) is 4.56. The van der Waals surface area contributed by atoms with Crippen LogP contribution in [-0.2, 0) is 9.59 Å². The van der Waals surface area contributed by atoms with Crippen LogP contribution in [-0.4, -0.2) is 55.2 Å². The molecule has 0 radical (unpaired) electrons. The lowest BCUT2D eigenvalue weighted by Gasteiger charge is -2.28. The molecule has 0 aromatic rings. The third kappa shape index (κ3) is 7.54. The van der Waals surface area contributed by atoms with Crippen molar-refractivity contribution in [1.82, 2.24) is 5.32 Å². The topological polar surface area (TPSA) is 66.4 Å². The summed E-state index contributed by atoms with van der Waals surface area (Å²) in [6.45, 7) is 2.00. The van der Waals surface area contributed by atoms with Gasteiger partial charge in [0.25, 0.3) is 0 Å². The molecule has 2 N–H and O–H groups in total. The predicted octanol–water partition coefficient (Wildman–Crippen LogP) is -0.328. The second-order valence-electron chi connectivity index (χ2n) is 4.47. The lowest BCUT2D eigenvalue weighted by molar-refractivity contribution is -0.871. The third-order valence-electron chi connectivity index (χ3n) is 1.60. The van der Waals surface area contributed by atoms with Crippen molar-refractivity contribution < 1.29 is 19.2 Å². The molecule has 5 heteroatoms. The number of hydrogen-bond acceptors (Lipinski definition) is 2. The van der Waals surface area contributed by atoms with E-state index in [9.17, 15) is 9.59 Å².